The Balaban J connectivity index is 4.78. The minimum Gasteiger partial charge on any atom is -0.479 e. The number of aliphatic hydroxyl groups is 4. The lowest BCUT2D eigenvalue weighted by molar-refractivity contribution is -0.190. The Hall–Kier alpha value is -1.22. The maximum Gasteiger partial charge on any atom is 0.338 e. The molecule has 15 heavy (non-hydrogen) atoms. The van der Waals surface area contributed by atoms with Crippen molar-refractivity contribution in [2.24, 2.45) is 0 Å². The fourth-order valence-corrected chi connectivity index (χ4v) is 0.778. The van der Waals surface area contributed by atoms with E-state index in [2.05, 4.69) is 0 Å². The zero-order chi connectivity index (χ0) is 12.4. The van der Waals surface area contributed by atoms with Gasteiger partial charge in [0.25, 0.3) is 0 Å². The maximum atomic E-state index is 10.4. The molecule has 0 saturated carbocycles. The van der Waals surface area contributed by atoms with Gasteiger partial charge in [0.2, 0.25) is 0 Å². The smallest absolute Gasteiger partial charge is 0.338 e. The lowest BCUT2D eigenvalue weighted by atomic mass is 9.92. The molecular formula is C7H12O8. The van der Waals surface area contributed by atoms with E-state index in [-0.39, 0.29) is 0 Å². The quantitative estimate of drug-likeness (QED) is 0.288. The number of rotatable bonds is 5. The van der Waals surface area contributed by atoms with E-state index in [0.717, 1.165) is 0 Å². The summed E-state index contributed by atoms with van der Waals surface area (Å²) in [7, 11) is 0. The molecular weight excluding hydrogens is 212 g/mol. The van der Waals surface area contributed by atoms with Gasteiger partial charge in [-0.05, 0) is 6.92 Å². The summed E-state index contributed by atoms with van der Waals surface area (Å²) < 4.78 is 0. The van der Waals surface area contributed by atoms with Crippen LogP contribution in [0.1, 0.15) is 6.92 Å². The summed E-state index contributed by atoms with van der Waals surface area (Å²) in [4.78, 5) is 20.6. The van der Waals surface area contributed by atoms with Crippen molar-refractivity contribution in [2.75, 3.05) is 0 Å². The predicted molar refractivity (Wildman–Crippen MR) is 43.9 cm³/mol. The molecule has 0 bridgehead atoms. The van der Waals surface area contributed by atoms with Gasteiger partial charge < -0.3 is 30.6 Å². The molecule has 8 nitrogen and oxygen atoms in total. The summed E-state index contributed by atoms with van der Waals surface area (Å²) in [5.74, 6) is -3.70. The first-order chi connectivity index (χ1) is 6.62. The van der Waals surface area contributed by atoms with E-state index in [9.17, 15) is 9.59 Å². The number of hydrogen-bond donors (Lipinski definition) is 6. The minimum atomic E-state index is -2.75. The maximum absolute atomic E-state index is 10.4. The average molecular weight is 224 g/mol. The van der Waals surface area contributed by atoms with Crippen LogP contribution < -0.4 is 0 Å². The summed E-state index contributed by atoms with van der Waals surface area (Å²) >= 11 is 0. The lowest BCUT2D eigenvalue weighted by Gasteiger charge is -2.29. The topological polar surface area (TPSA) is 156 Å². The van der Waals surface area contributed by atoms with Crippen LogP contribution in [0.4, 0.5) is 0 Å². The Morgan fingerprint density at radius 2 is 1.53 bits per heavy atom. The Kier molecular flexibility index (Phi) is 4.16. The molecule has 0 spiro atoms. The largest absolute Gasteiger partial charge is 0.479 e. The fourth-order valence-electron chi connectivity index (χ4n) is 0.778. The van der Waals surface area contributed by atoms with Gasteiger partial charge in [-0.3, -0.25) is 0 Å². The van der Waals surface area contributed by atoms with E-state index >= 15 is 0 Å². The molecule has 0 radical (unpaired) electrons. The number of carbonyl (C=O) groups is 2. The number of carboxylic acids is 2. The lowest BCUT2D eigenvalue weighted by Crippen LogP contribution is -2.56. The highest BCUT2D eigenvalue weighted by molar-refractivity contribution is 5.78. The highest BCUT2D eigenvalue weighted by Gasteiger charge is 2.46. The van der Waals surface area contributed by atoms with Gasteiger partial charge in [0.05, 0.1) is 0 Å². The molecule has 0 aromatic heterocycles. The molecule has 8 heteroatoms. The highest BCUT2D eigenvalue weighted by atomic mass is 16.4. The van der Waals surface area contributed by atoms with E-state index in [1.54, 1.807) is 0 Å². The summed E-state index contributed by atoms with van der Waals surface area (Å²) in [5.41, 5.74) is -2.75. The third kappa shape index (κ3) is 2.86. The normalized spacial score (nSPS) is 21.1. The van der Waals surface area contributed by atoms with Crippen LogP contribution >= 0.6 is 0 Å². The Morgan fingerprint density at radius 1 is 1.13 bits per heavy atom. The van der Waals surface area contributed by atoms with Crippen LogP contribution in [-0.2, 0) is 9.59 Å². The van der Waals surface area contributed by atoms with Crippen molar-refractivity contribution < 1.29 is 40.2 Å². The summed E-state index contributed by atoms with van der Waals surface area (Å²) in [6.45, 7) is 0.664. The molecule has 0 aliphatic rings. The fraction of sp³-hybridized carbons (Fsp3) is 0.714. The second-order valence-electron chi connectivity index (χ2n) is 3.17. The van der Waals surface area contributed by atoms with Gasteiger partial charge in [-0.2, -0.15) is 0 Å². The molecule has 4 atom stereocenters. The summed E-state index contributed by atoms with van der Waals surface area (Å²) in [6, 6.07) is 0. The van der Waals surface area contributed by atoms with Gasteiger partial charge in [0.1, 0.15) is 12.2 Å². The Labute approximate surface area is 84.0 Å². The average Bonchev–Trinajstić information content (AvgIpc) is 2.13. The number of aliphatic hydroxyl groups excluding tert-OH is 3. The van der Waals surface area contributed by atoms with Crippen LogP contribution in [0.3, 0.4) is 0 Å². The van der Waals surface area contributed by atoms with Crippen LogP contribution in [0.15, 0.2) is 0 Å². The summed E-state index contributed by atoms with van der Waals surface area (Å²) in [6.07, 6.45) is -7.03. The molecule has 0 aliphatic carbocycles. The molecule has 0 aromatic rings. The molecule has 0 amide bonds. The van der Waals surface area contributed by atoms with E-state index in [0.29, 0.717) is 6.92 Å². The van der Waals surface area contributed by atoms with Crippen molar-refractivity contribution in [3.05, 3.63) is 0 Å². The van der Waals surface area contributed by atoms with Gasteiger partial charge in [-0.25, -0.2) is 9.59 Å². The van der Waals surface area contributed by atoms with E-state index in [4.69, 9.17) is 30.6 Å². The molecule has 0 aliphatic heterocycles. The predicted octanol–water partition coefficient (Wildman–Crippen LogP) is -3.01. The standard InChI is InChI=1S/C7H12O8/c1-7(15,6(13)14)4(10)2(8)3(9)5(11)12/h2-4,8-10,15H,1H3,(H,11,12)(H,13,14)/t2-,3+,4+,7-/m1/s1. The van der Waals surface area contributed by atoms with Crippen molar-refractivity contribution in [3.8, 4) is 0 Å². The molecule has 0 rings (SSSR count). The first-order valence-electron chi connectivity index (χ1n) is 3.85. The zero-order valence-corrected chi connectivity index (χ0v) is 7.73. The molecule has 6 N–H and O–H groups in total. The number of carboxylic acid groups (broad SMARTS) is 2. The SMILES string of the molecule is C[C@](O)(C(=O)O)[C@@H](O)[C@H](O)[C@H](O)C(=O)O. The van der Waals surface area contributed by atoms with Crippen LogP contribution in [0.25, 0.3) is 0 Å². The van der Waals surface area contributed by atoms with Crippen molar-refractivity contribution in [3.63, 3.8) is 0 Å². The Bertz CT molecular complexity index is 260. The monoisotopic (exact) mass is 224 g/mol. The molecule has 0 unspecified atom stereocenters. The molecule has 0 heterocycles. The first kappa shape index (κ1) is 13.8. The van der Waals surface area contributed by atoms with Gasteiger partial charge in [0.15, 0.2) is 11.7 Å². The minimum absolute atomic E-state index is 0.664. The number of aliphatic carboxylic acids is 2. The van der Waals surface area contributed by atoms with Crippen LogP contribution in [0.5, 0.6) is 0 Å². The molecule has 88 valence electrons. The third-order valence-corrected chi connectivity index (χ3v) is 1.91. The van der Waals surface area contributed by atoms with Gasteiger partial charge in [-0.1, -0.05) is 0 Å². The zero-order valence-electron chi connectivity index (χ0n) is 7.73. The molecule has 0 fully saturated rings. The highest BCUT2D eigenvalue weighted by Crippen LogP contribution is 2.16. The summed E-state index contributed by atoms with van der Waals surface area (Å²) in [5, 5.41) is 52.8. The van der Waals surface area contributed by atoms with E-state index in [1.807, 2.05) is 0 Å². The molecule has 0 aromatic carbocycles. The third-order valence-electron chi connectivity index (χ3n) is 1.91. The van der Waals surface area contributed by atoms with Crippen LogP contribution in [0, 0.1) is 0 Å². The molecule has 0 saturated heterocycles. The van der Waals surface area contributed by atoms with Crippen molar-refractivity contribution in [1.29, 1.82) is 0 Å². The Morgan fingerprint density at radius 3 is 1.80 bits per heavy atom. The van der Waals surface area contributed by atoms with Gasteiger partial charge >= 0.3 is 11.9 Å². The van der Waals surface area contributed by atoms with Crippen molar-refractivity contribution in [2.45, 2.75) is 30.8 Å². The number of hydrogen-bond acceptors (Lipinski definition) is 6. The second-order valence-corrected chi connectivity index (χ2v) is 3.17. The first-order valence-corrected chi connectivity index (χ1v) is 3.85. The van der Waals surface area contributed by atoms with Crippen LogP contribution in [0.2, 0.25) is 0 Å². The van der Waals surface area contributed by atoms with E-state index in [1.165, 1.54) is 0 Å². The van der Waals surface area contributed by atoms with E-state index < -0.39 is 35.9 Å². The van der Waals surface area contributed by atoms with Gasteiger partial charge in [0, 0.05) is 0 Å². The van der Waals surface area contributed by atoms with Crippen molar-refractivity contribution in [1.82, 2.24) is 0 Å². The van der Waals surface area contributed by atoms with Crippen molar-refractivity contribution >= 4 is 11.9 Å². The van der Waals surface area contributed by atoms with Gasteiger partial charge in [-0.15, -0.1) is 0 Å². The second kappa shape index (κ2) is 4.53. The van der Waals surface area contributed by atoms with Crippen LogP contribution in [-0.4, -0.2) is 66.5 Å².